The summed E-state index contributed by atoms with van der Waals surface area (Å²) in [5.41, 5.74) is 2.85. The molecule has 5 rings (SSSR count). The van der Waals surface area contributed by atoms with Crippen molar-refractivity contribution in [1.29, 1.82) is 0 Å². The third-order valence-electron chi connectivity index (χ3n) is 8.46. The molecule has 5 aliphatic rings. The van der Waals surface area contributed by atoms with Gasteiger partial charge in [-0.25, -0.2) is 0 Å². The SMILES string of the molecule is CC12CCC3C(CCC4=COCCC43C)C1C1CC1C2.CCCO. The second-order valence-corrected chi connectivity index (χ2v) is 9.80. The lowest BCUT2D eigenvalue weighted by Gasteiger charge is -2.57. The van der Waals surface area contributed by atoms with Crippen LogP contribution in [0.5, 0.6) is 0 Å². The molecule has 0 aromatic heterocycles. The number of hydrogen-bond donors (Lipinski definition) is 1. The van der Waals surface area contributed by atoms with Crippen LogP contribution in [0.4, 0.5) is 0 Å². The van der Waals surface area contributed by atoms with E-state index in [0.717, 1.165) is 48.0 Å². The van der Waals surface area contributed by atoms with Gasteiger partial charge in [0.25, 0.3) is 0 Å². The highest BCUT2D eigenvalue weighted by Gasteiger charge is 2.65. The van der Waals surface area contributed by atoms with Gasteiger partial charge in [0.1, 0.15) is 0 Å². The lowest BCUT2D eigenvalue weighted by atomic mass is 9.48. The Balaban J connectivity index is 0.000000332. The van der Waals surface area contributed by atoms with Crippen molar-refractivity contribution in [3.8, 4) is 0 Å². The predicted molar refractivity (Wildman–Crippen MR) is 97.4 cm³/mol. The van der Waals surface area contributed by atoms with Gasteiger partial charge in [-0.2, -0.15) is 0 Å². The van der Waals surface area contributed by atoms with Crippen molar-refractivity contribution in [2.75, 3.05) is 13.2 Å². The molecule has 24 heavy (non-hydrogen) atoms. The first kappa shape index (κ1) is 16.9. The summed E-state index contributed by atoms with van der Waals surface area (Å²) in [5.74, 6) is 5.33. The van der Waals surface area contributed by atoms with E-state index in [4.69, 9.17) is 9.84 Å². The Labute approximate surface area is 148 Å². The van der Waals surface area contributed by atoms with Crippen LogP contribution in [0.15, 0.2) is 11.8 Å². The van der Waals surface area contributed by atoms with E-state index in [-0.39, 0.29) is 0 Å². The van der Waals surface area contributed by atoms with Crippen LogP contribution in [0.3, 0.4) is 0 Å². The highest BCUT2D eigenvalue weighted by molar-refractivity contribution is 5.23. The van der Waals surface area contributed by atoms with Crippen molar-refractivity contribution in [3.63, 3.8) is 0 Å². The van der Waals surface area contributed by atoms with Gasteiger partial charge in [-0.1, -0.05) is 20.8 Å². The van der Waals surface area contributed by atoms with E-state index in [1.165, 1.54) is 32.1 Å². The Bertz CT molecular complexity index is 510. The van der Waals surface area contributed by atoms with Crippen LogP contribution in [-0.4, -0.2) is 18.3 Å². The Morgan fingerprint density at radius 3 is 2.75 bits per heavy atom. The molecule has 7 unspecified atom stereocenters. The zero-order valence-electron chi connectivity index (χ0n) is 15.9. The Morgan fingerprint density at radius 2 is 2.00 bits per heavy atom. The molecule has 4 aliphatic carbocycles. The molecule has 1 heterocycles. The zero-order chi connectivity index (χ0) is 16.9. The van der Waals surface area contributed by atoms with Crippen LogP contribution < -0.4 is 0 Å². The van der Waals surface area contributed by atoms with Crippen molar-refractivity contribution < 1.29 is 9.84 Å². The van der Waals surface area contributed by atoms with Gasteiger partial charge < -0.3 is 9.84 Å². The van der Waals surface area contributed by atoms with E-state index < -0.39 is 0 Å². The minimum Gasteiger partial charge on any atom is -0.501 e. The third kappa shape index (κ3) is 2.47. The van der Waals surface area contributed by atoms with Gasteiger partial charge in [0.15, 0.2) is 0 Å². The van der Waals surface area contributed by atoms with Crippen LogP contribution >= 0.6 is 0 Å². The average molecular weight is 333 g/mol. The molecule has 0 amide bonds. The fourth-order valence-electron chi connectivity index (χ4n) is 7.24. The van der Waals surface area contributed by atoms with Gasteiger partial charge in [-0.15, -0.1) is 0 Å². The van der Waals surface area contributed by atoms with E-state index in [2.05, 4.69) is 20.1 Å². The fourth-order valence-corrected chi connectivity index (χ4v) is 7.24. The summed E-state index contributed by atoms with van der Waals surface area (Å²) in [6.07, 6.45) is 13.2. The monoisotopic (exact) mass is 332 g/mol. The van der Waals surface area contributed by atoms with E-state index in [0.29, 0.717) is 12.0 Å². The molecule has 0 spiro atoms. The third-order valence-corrected chi connectivity index (χ3v) is 8.46. The second-order valence-electron chi connectivity index (χ2n) is 9.80. The lowest BCUT2D eigenvalue weighted by Crippen LogP contribution is -2.50. The molecule has 4 fully saturated rings. The number of ether oxygens (including phenoxy) is 1. The van der Waals surface area contributed by atoms with Gasteiger partial charge in [-0.05, 0) is 97.4 Å². The van der Waals surface area contributed by atoms with E-state index in [1.54, 1.807) is 18.4 Å². The van der Waals surface area contributed by atoms with Gasteiger partial charge >= 0.3 is 0 Å². The first-order chi connectivity index (χ1) is 11.5. The number of aliphatic hydroxyl groups excluding tert-OH is 1. The number of fused-ring (bicyclic) bond motifs is 7. The van der Waals surface area contributed by atoms with Crippen LogP contribution in [0.2, 0.25) is 0 Å². The minimum absolute atomic E-state index is 0.319. The maximum atomic E-state index is 7.88. The van der Waals surface area contributed by atoms with E-state index >= 15 is 0 Å². The highest BCUT2D eigenvalue weighted by Crippen LogP contribution is 2.73. The number of hydrogen-bond acceptors (Lipinski definition) is 2. The smallest absolute Gasteiger partial charge is 0.0881 e. The number of aliphatic hydroxyl groups is 1. The molecule has 0 radical (unpaired) electrons. The van der Waals surface area contributed by atoms with Gasteiger partial charge in [0.05, 0.1) is 12.9 Å². The van der Waals surface area contributed by atoms with Crippen molar-refractivity contribution >= 4 is 0 Å². The molecule has 2 nitrogen and oxygen atoms in total. The van der Waals surface area contributed by atoms with E-state index in [1.807, 2.05) is 6.92 Å². The highest BCUT2D eigenvalue weighted by atomic mass is 16.5. The van der Waals surface area contributed by atoms with Crippen molar-refractivity contribution in [2.45, 2.75) is 72.1 Å². The van der Waals surface area contributed by atoms with Gasteiger partial charge in [0, 0.05) is 6.61 Å². The maximum absolute atomic E-state index is 7.88. The van der Waals surface area contributed by atoms with Crippen molar-refractivity contribution in [3.05, 3.63) is 11.8 Å². The molecule has 0 aromatic carbocycles. The van der Waals surface area contributed by atoms with Crippen LogP contribution in [0.1, 0.15) is 72.1 Å². The maximum Gasteiger partial charge on any atom is 0.0881 e. The molecule has 0 aromatic rings. The first-order valence-corrected chi connectivity index (χ1v) is 10.5. The summed E-state index contributed by atoms with van der Waals surface area (Å²) in [7, 11) is 0. The van der Waals surface area contributed by atoms with Gasteiger partial charge in [-0.3, -0.25) is 0 Å². The van der Waals surface area contributed by atoms with Crippen LogP contribution in [-0.2, 0) is 4.74 Å². The molecule has 1 aliphatic heterocycles. The zero-order valence-corrected chi connectivity index (χ0v) is 15.9. The molecule has 4 saturated carbocycles. The van der Waals surface area contributed by atoms with Crippen molar-refractivity contribution in [2.24, 2.45) is 40.4 Å². The van der Waals surface area contributed by atoms with E-state index in [9.17, 15) is 0 Å². The molecule has 1 N–H and O–H groups in total. The number of allylic oxidation sites excluding steroid dienone is 1. The summed E-state index contributed by atoms with van der Waals surface area (Å²) in [4.78, 5) is 0. The average Bonchev–Trinajstić information content (AvgIpc) is 3.25. The predicted octanol–water partition coefficient (Wildman–Crippen LogP) is 5.17. The second kappa shape index (κ2) is 6.04. The Kier molecular flexibility index (Phi) is 4.26. The largest absolute Gasteiger partial charge is 0.501 e. The molecule has 0 bridgehead atoms. The summed E-state index contributed by atoms with van der Waals surface area (Å²) < 4.78 is 5.66. The fraction of sp³-hybridized carbons (Fsp3) is 0.909. The Morgan fingerprint density at radius 1 is 1.21 bits per heavy atom. The van der Waals surface area contributed by atoms with Crippen LogP contribution in [0.25, 0.3) is 0 Å². The number of rotatable bonds is 1. The Hall–Kier alpha value is -0.500. The molecular weight excluding hydrogens is 296 g/mol. The summed E-state index contributed by atoms with van der Waals surface area (Å²) in [6, 6.07) is 0. The first-order valence-electron chi connectivity index (χ1n) is 10.5. The molecule has 7 atom stereocenters. The molecule has 136 valence electrons. The summed E-state index contributed by atoms with van der Waals surface area (Å²) in [5, 5.41) is 7.88. The van der Waals surface area contributed by atoms with Gasteiger partial charge in [0.2, 0.25) is 0 Å². The minimum atomic E-state index is 0.319. The summed E-state index contributed by atoms with van der Waals surface area (Å²) in [6.45, 7) is 8.41. The molecule has 0 saturated heterocycles. The van der Waals surface area contributed by atoms with Crippen molar-refractivity contribution in [1.82, 2.24) is 0 Å². The van der Waals surface area contributed by atoms with Crippen LogP contribution in [0, 0.1) is 40.4 Å². The normalized spacial score (nSPS) is 50.8. The lowest BCUT2D eigenvalue weighted by molar-refractivity contribution is -0.0584. The molecular formula is C22H36O2. The summed E-state index contributed by atoms with van der Waals surface area (Å²) >= 11 is 0. The molecule has 2 heteroatoms. The topological polar surface area (TPSA) is 29.5 Å². The quantitative estimate of drug-likeness (QED) is 0.718. The standard InChI is InChI=1S/C19H28O.C3H8O/c1-18-6-5-16-14(17(18)15-9-12(15)10-18)4-3-13-11-20-8-7-19(13,16)2;1-2-3-4/h11-12,14-17H,3-10H2,1-2H3;4H,2-3H2,1H3.